The van der Waals surface area contributed by atoms with Crippen molar-refractivity contribution in [2.45, 2.75) is 53.1 Å². The smallest absolute Gasteiger partial charge is 0.0574 e. The minimum absolute atomic E-state index is 0.525. The lowest BCUT2D eigenvalue weighted by Gasteiger charge is -2.40. The second kappa shape index (κ2) is 5.16. The van der Waals surface area contributed by atoms with Crippen molar-refractivity contribution >= 4 is 0 Å². The van der Waals surface area contributed by atoms with E-state index in [2.05, 4.69) is 27.7 Å². The molecule has 1 aliphatic carbocycles. The zero-order valence-corrected chi connectivity index (χ0v) is 10.4. The van der Waals surface area contributed by atoms with E-state index in [4.69, 9.17) is 4.74 Å². The Morgan fingerprint density at radius 3 is 1.93 bits per heavy atom. The summed E-state index contributed by atoms with van der Waals surface area (Å²) in [6.07, 6.45) is 4.43. The summed E-state index contributed by atoms with van der Waals surface area (Å²) in [4.78, 5) is 0. The molecule has 0 aliphatic heterocycles. The lowest BCUT2D eigenvalue weighted by atomic mass is 9.68. The molecule has 0 radical (unpaired) electrons. The Morgan fingerprint density at radius 2 is 1.50 bits per heavy atom. The van der Waals surface area contributed by atoms with Gasteiger partial charge in [-0.05, 0) is 42.9 Å². The zero-order chi connectivity index (χ0) is 10.7. The fourth-order valence-corrected chi connectivity index (χ4v) is 3.00. The van der Waals surface area contributed by atoms with Crippen LogP contribution in [0.1, 0.15) is 47.0 Å². The van der Waals surface area contributed by atoms with Crippen LogP contribution in [0.15, 0.2) is 0 Å². The average molecular weight is 198 g/mol. The second-order valence-corrected chi connectivity index (χ2v) is 5.49. The van der Waals surface area contributed by atoms with Gasteiger partial charge < -0.3 is 4.74 Å². The Balaban J connectivity index is 2.60. The highest BCUT2D eigenvalue weighted by Gasteiger charge is 2.33. The summed E-state index contributed by atoms with van der Waals surface area (Å²) in [6, 6.07) is 0. The Kier molecular flexibility index (Phi) is 4.43. The van der Waals surface area contributed by atoms with Crippen LogP contribution in [-0.4, -0.2) is 13.2 Å². The summed E-state index contributed by atoms with van der Waals surface area (Å²) in [6.45, 7) is 9.45. The standard InChI is InChI=1S/C13H26O/c1-9(2)12-7-6-11(14-5)8-13(12)10(3)4/h9-13H,6-8H2,1-5H3. The van der Waals surface area contributed by atoms with Gasteiger partial charge in [-0.15, -0.1) is 0 Å². The molecule has 3 unspecified atom stereocenters. The van der Waals surface area contributed by atoms with Crippen LogP contribution >= 0.6 is 0 Å². The van der Waals surface area contributed by atoms with E-state index >= 15 is 0 Å². The molecule has 1 aliphatic rings. The number of ether oxygens (including phenoxy) is 1. The minimum Gasteiger partial charge on any atom is -0.381 e. The maximum absolute atomic E-state index is 5.50. The van der Waals surface area contributed by atoms with Crippen LogP contribution in [0.5, 0.6) is 0 Å². The van der Waals surface area contributed by atoms with Crippen molar-refractivity contribution < 1.29 is 4.74 Å². The van der Waals surface area contributed by atoms with Crippen LogP contribution in [0.2, 0.25) is 0 Å². The van der Waals surface area contributed by atoms with Gasteiger partial charge in [0.1, 0.15) is 0 Å². The summed E-state index contributed by atoms with van der Waals surface area (Å²) in [5, 5.41) is 0. The monoisotopic (exact) mass is 198 g/mol. The molecule has 0 aromatic rings. The maximum atomic E-state index is 5.50. The van der Waals surface area contributed by atoms with Gasteiger partial charge >= 0.3 is 0 Å². The fraction of sp³-hybridized carbons (Fsp3) is 1.00. The van der Waals surface area contributed by atoms with Gasteiger partial charge in [0.05, 0.1) is 6.10 Å². The summed E-state index contributed by atoms with van der Waals surface area (Å²) >= 11 is 0. The molecule has 14 heavy (non-hydrogen) atoms. The molecule has 0 heterocycles. The lowest BCUT2D eigenvalue weighted by molar-refractivity contribution is 0.00323. The molecule has 1 fully saturated rings. The third-order valence-corrected chi connectivity index (χ3v) is 3.95. The SMILES string of the molecule is COC1CCC(C(C)C)C(C(C)C)C1. The molecular formula is C13H26O. The van der Waals surface area contributed by atoms with E-state index in [0.29, 0.717) is 6.10 Å². The van der Waals surface area contributed by atoms with Crippen molar-refractivity contribution in [3.63, 3.8) is 0 Å². The molecule has 1 saturated carbocycles. The van der Waals surface area contributed by atoms with Crippen LogP contribution in [-0.2, 0) is 4.74 Å². The van der Waals surface area contributed by atoms with Gasteiger partial charge in [-0.2, -0.15) is 0 Å². The number of hydrogen-bond donors (Lipinski definition) is 0. The first kappa shape index (κ1) is 12.0. The topological polar surface area (TPSA) is 9.23 Å². The third kappa shape index (κ3) is 2.73. The van der Waals surface area contributed by atoms with Crippen LogP contribution < -0.4 is 0 Å². The van der Waals surface area contributed by atoms with Gasteiger partial charge in [0.2, 0.25) is 0 Å². The van der Waals surface area contributed by atoms with Crippen molar-refractivity contribution in [1.82, 2.24) is 0 Å². The third-order valence-electron chi connectivity index (χ3n) is 3.95. The molecular weight excluding hydrogens is 172 g/mol. The Bertz CT molecular complexity index is 163. The van der Waals surface area contributed by atoms with Gasteiger partial charge in [-0.1, -0.05) is 27.7 Å². The van der Waals surface area contributed by atoms with Crippen LogP contribution in [0.4, 0.5) is 0 Å². The number of methoxy groups -OCH3 is 1. The molecule has 3 atom stereocenters. The molecule has 1 rings (SSSR count). The average Bonchev–Trinajstić information content (AvgIpc) is 2.16. The second-order valence-electron chi connectivity index (χ2n) is 5.49. The van der Waals surface area contributed by atoms with E-state index in [1.54, 1.807) is 0 Å². The van der Waals surface area contributed by atoms with Crippen LogP contribution in [0, 0.1) is 23.7 Å². The van der Waals surface area contributed by atoms with Crippen molar-refractivity contribution in [2.24, 2.45) is 23.7 Å². The molecule has 1 nitrogen and oxygen atoms in total. The van der Waals surface area contributed by atoms with Crippen molar-refractivity contribution in [2.75, 3.05) is 7.11 Å². The van der Waals surface area contributed by atoms with Gasteiger partial charge in [-0.3, -0.25) is 0 Å². The van der Waals surface area contributed by atoms with E-state index < -0.39 is 0 Å². The Hall–Kier alpha value is -0.0400. The Labute approximate surface area is 89.2 Å². The summed E-state index contributed by atoms with van der Waals surface area (Å²) < 4.78 is 5.50. The first-order valence-electron chi connectivity index (χ1n) is 6.09. The van der Waals surface area contributed by atoms with Crippen LogP contribution in [0.3, 0.4) is 0 Å². The van der Waals surface area contributed by atoms with Crippen LogP contribution in [0.25, 0.3) is 0 Å². The molecule has 84 valence electrons. The predicted molar refractivity (Wildman–Crippen MR) is 61.3 cm³/mol. The van der Waals surface area contributed by atoms with Crippen molar-refractivity contribution in [3.05, 3.63) is 0 Å². The van der Waals surface area contributed by atoms with Gasteiger partial charge in [-0.25, -0.2) is 0 Å². The Morgan fingerprint density at radius 1 is 0.929 bits per heavy atom. The van der Waals surface area contributed by atoms with Gasteiger partial charge in [0, 0.05) is 7.11 Å². The molecule has 0 bridgehead atoms. The van der Waals surface area contributed by atoms with E-state index in [9.17, 15) is 0 Å². The predicted octanol–water partition coefficient (Wildman–Crippen LogP) is 3.73. The molecule has 0 aromatic carbocycles. The largest absolute Gasteiger partial charge is 0.381 e. The maximum Gasteiger partial charge on any atom is 0.0574 e. The van der Waals surface area contributed by atoms with E-state index in [1.165, 1.54) is 19.3 Å². The van der Waals surface area contributed by atoms with Gasteiger partial charge in [0.15, 0.2) is 0 Å². The summed E-state index contributed by atoms with van der Waals surface area (Å²) in [5.74, 6) is 3.43. The first-order chi connectivity index (χ1) is 6.56. The fourth-order valence-electron chi connectivity index (χ4n) is 3.00. The van der Waals surface area contributed by atoms with Crippen molar-refractivity contribution in [1.29, 1.82) is 0 Å². The molecule has 0 N–H and O–H groups in total. The molecule has 0 saturated heterocycles. The first-order valence-corrected chi connectivity index (χ1v) is 6.09. The number of hydrogen-bond acceptors (Lipinski definition) is 1. The van der Waals surface area contributed by atoms with Gasteiger partial charge in [0.25, 0.3) is 0 Å². The molecule has 0 amide bonds. The van der Waals surface area contributed by atoms with E-state index in [1.807, 2.05) is 7.11 Å². The molecule has 0 spiro atoms. The molecule has 1 heteroatoms. The molecule has 0 aromatic heterocycles. The zero-order valence-electron chi connectivity index (χ0n) is 10.4. The highest BCUT2D eigenvalue weighted by atomic mass is 16.5. The lowest BCUT2D eigenvalue weighted by Crippen LogP contribution is -2.34. The quantitative estimate of drug-likeness (QED) is 0.671. The highest BCUT2D eigenvalue weighted by molar-refractivity contribution is 4.83. The summed E-state index contributed by atoms with van der Waals surface area (Å²) in [5.41, 5.74) is 0. The normalized spacial score (nSPS) is 34.1. The minimum atomic E-state index is 0.525. The van der Waals surface area contributed by atoms with Crippen molar-refractivity contribution in [3.8, 4) is 0 Å². The number of rotatable bonds is 3. The van der Waals surface area contributed by atoms with E-state index in [0.717, 1.165) is 23.7 Å². The van der Waals surface area contributed by atoms with E-state index in [-0.39, 0.29) is 0 Å². The highest BCUT2D eigenvalue weighted by Crippen LogP contribution is 2.40. The summed E-state index contributed by atoms with van der Waals surface area (Å²) in [7, 11) is 1.86.